The van der Waals surface area contributed by atoms with Gasteiger partial charge in [-0.2, -0.15) is 12.6 Å². The number of thiol groups is 1. The molecule has 0 aromatic carbocycles. The van der Waals surface area contributed by atoms with Gasteiger partial charge in [-0.1, -0.05) is 0 Å². The van der Waals surface area contributed by atoms with E-state index in [1.165, 1.54) is 0 Å². The first-order valence-electron chi connectivity index (χ1n) is 4.28. The summed E-state index contributed by atoms with van der Waals surface area (Å²) in [5.41, 5.74) is 5.08. The summed E-state index contributed by atoms with van der Waals surface area (Å²) in [6, 6.07) is -0.743. The maximum absolute atomic E-state index is 9.93. The number of aliphatic carboxylic acids is 3. The second-order valence-corrected chi connectivity index (χ2v) is 3.30. The van der Waals surface area contributed by atoms with Crippen molar-refractivity contribution in [2.24, 2.45) is 11.7 Å². The van der Waals surface area contributed by atoms with Crippen LogP contribution < -0.4 is 5.73 Å². The second-order valence-electron chi connectivity index (χ2n) is 2.86. The lowest BCUT2D eigenvalue weighted by atomic mass is 10.2. The Morgan fingerprint density at radius 2 is 1.50 bits per heavy atom. The van der Waals surface area contributed by atoms with Gasteiger partial charge in [0.05, 0.1) is 0 Å². The van der Waals surface area contributed by atoms with Crippen molar-refractivity contribution < 1.29 is 29.7 Å². The molecule has 0 fully saturated rings. The molecule has 0 amide bonds. The SMILES string of the molecule is CC(C(=O)O)C(=O)O.N[C@@H](CCS)C(=O)O. The van der Waals surface area contributed by atoms with Gasteiger partial charge in [-0.15, -0.1) is 0 Å². The predicted octanol–water partition coefficient (Wildman–Crippen LogP) is -0.490. The first-order chi connectivity index (χ1) is 7.23. The van der Waals surface area contributed by atoms with E-state index < -0.39 is 29.9 Å². The molecule has 16 heavy (non-hydrogen) atoms. The predicted molar refractivity (Wildman–Crippen MR) is 58.5 cm³/mol. The molecule has 0 radical (unpaired) electrons. The molecule has 94 valence electrons. The van der Waals surface area contributed by atoms with E-state index >= 15 is 0 Å². The van der Waals surface area contributed by atoms with E-state index in [1.807, 2.05) is 0 Å². The number of carboxylic acids is 3. The van der Waals surface area contributed by atoms with Crippen LogP contribution >= 0.6 is 12.6 Å². The van der Waals surface area contributed by atoms with E-state index in [2.05, 4.69) is 12.6 Å². The summed E-state index contributed by atoms with van der Waals surface area (Å²) in [6.07, 6.45) is 0.429. The fourth-order valence-electron chi connectivity index (χ4n) is 0.368. The molecular formula is C8H15NO6S. The molecule has 0 aromatic heterocycles. The molecular weight excluding hydrogens is 238 g/mol. The Hall–Kier alpha value is -1.28. The van der Waals surface area contributed by atoms with Gasteiger partial charge in [-0.3, -0.25) is 14.4 Å². The fourth-order valence-corrected chi connectivity index (χ4v) is 0.646. The maximum atomic E-state index is 9.93. The monoisotopic (exact) mass is 253 g/mol. The zero-order valence-electron chi connectivity index (χ0n) is 8.66. The Kier molecular flexibility index (Phi) is 9.61. The molecule has 1 atom stereocenters. The molecule has 0 aromatic rings. The number of hydrogen-bond donors (Lipinski definition) is 5. The van der Waals surface area contributed by atoms with Crippen molar-refractivity contribution in [3.63, 3.8) is 0 Å². The number of nitrogens with two attached hydrogens (primary N) is 1. The third kappa shape index (κ3) is 9.28. The minimum atomic E-state index is -1.31. The van der Waals surface area contributed by atoms with Crippen LogP contribution in [0.2, 0.25) is 0 Å². The summed E-state index contributed by atoms with van der Waals surface area (Å²) >= 11 is 3.81. The lowest BCUT2D eigenvalue weighted by Gasteiger charge is -2.00. The first kappa shape index (κ1) is 17.1. The van der Waals surface area contributed by atoms with E-state index in [1.54, 1.807) is 0 Å². The van der Waals surface area contributed by atoms with Crippen LogP contribution in [0.15, 0.2) is 0 Å². The van der Waals surface area contributed by atoms with Crippen LogP contribution in [0.25, 0.3) is 0 Å². The standard InChI is InChI=1S/C4H9NO2S.C4H6O4/c5-3(1-2-8)4(6)7;1-2(3(5)6)4(7)8/h3,8H,1-2,5H2,(H,6,7);2H,1H3,(H,5,6)(H,7,8)/t3-;/m0./s1. The van der Waals surface area contributed by atoms with E-state index in [-0.39, 0.29) is 0 Å². The molecule has 0 saturated heterocycles. The fraction of sp³-hybridized carbons (Fsp3) is 0.625. The number of carbonyl (C=O) groups is 3. The van der Waals surface area contributed by atoms with Crippen LogP contribution in [0.3, 0.4) is 0 Å². The summed E-state index contributed by atoms with van der Waals surface area (Å²) < 4.78 is 0. The van der Waals surface area contributed by atoms with Gasteiger partial charge in [0.25, 0.3) is 0 Å². The third-order valence-electron chi connectivity index (χ3n) is 1.50. The lowest BCUT2D eigenvalue weighted by molar-refractivity contribution is -0.153. The smallest absolute Gasteiger partial charge is 0.320 e. The van der Waals surface area contributed by atoms with Gasteiger partial charge in [0.15, 0.2) is 5.92 Å². The number of hydrogen-bond acceptors (Lipinski definition) is 5. The molecule has 0 heterocycles. The van der Waals surface area contributed by atoms with Crippen LogP contribution in [0, 0.1) is 5.92 Å². The minimum absolute atomic E-state index is 0.429. The average molecular weight is 253 g/mol. The summed E-state index contributed by atoms with van der Waals surface area (Å²) in [5.74, 6) is -4.35. The molecule has 7 nitrogen and oxygen atoms in total. The zero-order valence-corrected chi connectivity index (χ0v) is 9.55. The van der Waals surface area contributed by atoms with Gasteiger partial charge in [0, 0.05) is 0 Å². The number of carboxylic acid groups (broad SMARTS) is 3. The summed E-state index contributed by atoms with van der Waals surface area (Å²) in [5, 5.41) is 24.1. The van der Waals surface area contributed by atoms with Crippen molar-refractivity contribution in [1.29, 1.82) is 0 Å². The molecule has 8 heteroatoms. The molecule has 5 N–H and O–H groups in total. The molecule has 0 aliphatic heterocycles. The highest BCUT2D eigenvalue weighted by Crippen LogP contribution is 1.91. The van der Waals surface area contributed by atoms with Crippen molar-refractivity contribution in [1.82, 2.24) is 0 Å². The van der Waals surface area contributed by atoms with Gasteiger partial charge < -0.3 is 21.1 Å². The largest absolute Gasteiger partial charge is 0.481 e. The lowest BCUT2D eigenvalue weighted by Crippen LogP contribution is -2.30. The van der Waals surface area contributed by atoms with E-state index in [0.29, 0.717) is 12.2 Å². The Labute approximate surface area is 97.7 Å². The quantitative estimate of drug-likeness (QED) is 0.329. The highest BCUT2D eigenvalue weighted by molar-refractivity contribution is 7.80. The summed E-state index contributed by atoms with van der Waals surface area (Å²) in [6.45, 7) is 1.12. The Morgan fingerprint density at radius 3 is 1.56 bits per heavy atom. The highest BCUT2D eigenvalue weighted by Gasteiger charge is 2.18. The van der Waals surface area contributed by atoms with Crippen LogP contribution in [0.4, 0.5) is 0 Å². The van der Waals surface area contributed by atoms with E-state index in [0.717, 1.165) is 6.92 Å². The second kappa shape index (κ2) is 8.98. The molecule has 0 aliphatic carbocycles. The maximum Gasteiger partial charge on any atom is 0.320 e. The normalized spacial score (nSPS) is 11.2. The minimum Gasteiger partial charge on any atom is -0.481 e. The van der Waals surface area contributed by atoms with Crippen molar-refractivity contribution in [2.45, 2.75) is 19.4 Å². The summed E-state index contributed by atoms with van der Waals surface area (Å²) in [7, 11) is 0. The molecule has 0 bridgehead atoms. The average Bonchev–Trinajstić information content (AvgIpc) is 2.17. The van der Waals surface area contributed by atoms with Crippen molar-refractivity contribution in [3.05, 3.63) is 0 Å². The molecule has 0 aliphatic rings. The van der Waals surface area contributed by atoms with Crippen LogP contribution in [0.1, 0.15) is 13.3 Å². The van der Waals surface area contributed by atoms with Crippen molar-refractivity contribution in [2.75, 3.05) is 5.75 Å². The molecule has 0 spiro atoms. The molecule has 0 rings (SSSR count). The van der Waals surface area contributed by atoms with Gasteiger partial charge >= 0.3 is 17.9 Å². The van der Waals surface area contributed by atoms with Gasteiger partial charge in [0.2, 0.25) is 0 Å². The Morgan fingerprint density at radius 1 is 1.12 bits per heavy atom. The van der Waals surface area contributed by atoms with Gasteiger partial charge in [0.1, 0.15) is 6.04 Å². The van der Waals surface area contributed by atoms with Gasteiger partial charge in [-0.05, 0) is 19.1 Å². The Balaban J connectivity index is 0. The molecule has 0 saturated carbocycles. The van der Waals surface area contributed by atoms with Crippen LogP contribution in [0.5, 0.6) is 0 Å². The van der Waals surface area contributed by atoms with Crippen molar-refractivity contribution in [3.8, 4) is 0 Å². The summed E-state index contributed by atoms with van der Waals surface area (Å²) in [4.78, 5) is 29.5. The third-order valence-corrected chi connectivity index (χ3v) is 1.76. The first-order valence-corrected chi connectivity index (χ1v) is 4.92. The zero-order chi connectivity index (χ0) is 13.3. The number of rotatable bonds is 5. The Bertz CT molecular complexity index is 243. The topological polar surface area (TPSA) is 138 Å². The van der Waals surface area contributed by atoms with E-state index in [9.17, 15) is 14.4 Å². The van der Waals surface area contributed by atoms with E-state index in [4.69, 9.17) is 21.1 Å². The van der Waals surface area contributed by atoms with Gasteiger partial charge in [-0.25, -0.2) is 0 Å². The highest BCUT2D eigenvalue weighted by atomic mass is 32.1. The van der Waals surface area contributed by atoms with Crippen molar-refractivity contribution >= 4 is 30.5 Å². The van der Waals surface area contributed by atoms with Crippen LogP contribution in [-0.2, 0) is 14.4 Å². The van der Waals surface area contributed by atoms with Crippen LogP contribution in [-0.4, -0.2) is 45.0 Å². The molecule has 0 unspecified atom stereocenters.